The molecule has 2 fully saturated rings. The first kappa shape index (κ1) is 18.4. The minimum atomic E-state index is -0.272. The predicted octanol–water partition coefficient (Wildman–Crippen LogP) is 3.24. The number of nitrogens with zero attached hydrogens (tertiary/aromatic N) is 3. The van der Waals surface area contributed by atoms with Crippen molar-refractivity contribution in [3.63, 3.8) is 0 Å². The van der Waals surface area contributed by atoms with E-state index in [4.69, 9.17) is 0 Å². The SMILES string of the molecule is O=C(c1cc2ccccc2[nH]1)N1CCC(N2CC(=O)N(c3ccccc3)C2=O)CC1. The number of carbonyl (C=O) groups excluding carboxylic acids is 3. The number of urea groups is 1. The number of nitrogens with one attached hydrogen (secondary N) is 1. The second-order valence-corrected chi connectivity index (χ2v) is 7.77. The first-order valence-corrected chi connectivity index (χ1v) is 10.2. The zero-order valence-corrected chi connectivity index (χ0v) is 16.5. The third-order valence-electron chi connectivity index (χ3n) is 5.96. The van der Waals surface area contributed by atoms with E-state index in [1.165, 1.54) is 4.90 Å². The molecule has 0 spiro atoms. The topological polar surface area (TPSA) is 76.7 Å². The van der Waals surface area contributed by atoms with Crippen LogP contribution in [0.1, 0.15) is 23.3 Å². The minimum absolute atomic E-state index is 0.0283. The van der Waals surface area contributed by atoms with Crippen LogP contribution in [-0.2, 0) is 4.79 Å². The van der Waals surface area contributed by atoms with Crippen LogP contribution in [0.2, 0.25) is 0 Å². The molecule has 5 rings (SSSR count). The van der Waals surface area contributed by atoms with E-state index in [-0.39, 0.29) is 30.4 Å². The van der Waals surface area contributed by atoms with E-state index in [1.807, 2.05) is 53.4 Å². The highest BCUT2D eigenvalue weighted by Crippen LogP contribution is 2.27. The number of hydrogen-bond donors (Lipinski definition) is 1. The number of H-pyrrole nitrogens is 1. The number of aromatic amines is 1. The van der Waals surface area contributed by atoms with E-state index in [0.717, 1.165) is 10.9 Å². The van der Waals surface area contributed by atoms with Crippen LogP contribution in [0.25, 0.3) is 10.9 Å². The van der Waals surface area contributed by atoms with Gasteiger partial charge >= 0.3 is 6.03 Å². The van der Waals surface area contributed by atoms with E-state index in [9.17, 15) is 14.4 Å². The molecule has 7 heteroatoms. The zero-order chi connectivity index (χ0) is 20.7. The molecule has 3 aromatic rings. The van der Waals surface area contributed by atoms with E-state index in [0.29, 0.717) is 37.3 Å². The summed E-state index contributed by atoms with van der Waals surface area (Å²) in [6, 6.07) is 18.4. The number of para-hydroxylation sites is 2. The molecule has 0 saturated carbocycles. The van der Waals surface area contributed by atoms with Gasteiger partial charge in [0.05, 0.1) is 5.69 Å². The Morgan fingerprint density at radius 1 is 0.933 bits per heavy atom. The number of fused-ring (bicyclic) bond motifs is 1. The molecule has 0 atom stereocenters. The summed E-state index contributed by atoms with van der Waals surface area (Å²) in [6.07, 6.45) is 1.32. The number of carbonyl (C=O) groups is 3. The smallest absolute Gasteiger partial charge is 0.332 e. The molecule has 1 N–H and O–H groups in total. The molecule has 3 heterocycles. The summed E-state index contributed by atoms with van der Waals surface area (Å²) in [5.74, 6) is -0.234. The van der Waals surface area contributed by atoms with Crippen molar-refractivity contribution in [1.29, 1.82) is 0 Å². The van der Waals surface area contributed by atoms with Gasteiger partial charge in [0.1, 0.15) is 12.2 Å². The molecule has 0 radical (unpaired) electrons. The van der Waals surface area contributed by atoms with Crippen molar-refractivity contribution < 1.29 is 14.4 Å². The van der Waals surface area contributed by atoms with Gasteiger partial charge in [-0.25, -0.2) is 9.69 Å². The maximum Gasteiger partial charge on any atom is 0.332 e. The molecule has 30 heavy (non-hydrogen) atoms. The van der Waals surface area contributed by atoms with Gasteiger partial charge in [0.15, 0.2) is 0 Å². The highest BCUT2D eigenvalue weighted by atomic mass is 16.2. The number of amides is 4. The van der Waals surface area contributed by atoms with Crippen molar-refractivity contribution in [3.8, 4) is 0 Å². The Balaban J connectivity index is 1.25. The lowest BCUT2D eigenvalue weighted by Gasteiger charge is -2.36. The quantitative estimate of drug-likeness (QED) is 0.684. The Hall–Kier alpha value is -3.61. The van der Waals surface area contributed by atoms with Gasteiger partial charge in [0, 0.05) is 30.0 Å². The number of hydrogen-bond acceptors (Lipinski definition) is 3. The van der Waals surface area contributed by atoms with E-state index in [2.05, 4.69) is 4.98 Å². The zero-order valence-electron chi connectivity index (χ0n) is 16.5. The molecule has 4 amide bonds. The fraction of sp³-hybridized carbons (Fsp3) is 0.261. The van der Waals surface area contributed by atoms with Gasteiger partial charge in [-0.1, -0.05) is 36.4 Å². The Morgan fingerprint density at radius 2 is 1.63 bits per heavy atom. The Labute approximate surface area is 173 Å². The first-order valence-electron chi connectivity index (χ1n) is 10.2. The molecule has 1 aromatic heterocycles. The number of likely N-dealkylation sites (tertiary alicyclic amines) is 1. The second-order valence-electron chi connectivity index (χ2n) is 7.77. The van der Waals surface area contributed by atoms with Gasteiger partial charge in [-0.05, 0) is 37.1 Å². The van der Waals surface area contributed by atoms with Crippen molar-refractivity contribution in [2.24, 2.45) is 0 Å². The molecular weight excluding hydrogens is 380 g/mol. The fourth-order valence-electron chi connectivity index (χ4n) is 4.38. The molecule has 2 aromatic carbocycles. The van der Waals surface area contributed by atoms with Crippen molar-refractivity contribution in [3.05, 3.63) is 66.4 Å². The molecular formula is C23H22N4O3. The van der Waals surface area contributed by atoms with Gasteiger partial charge in [0.2, 0.25) is 0 Å². The molecule has 2 aliphatic heterocycles. The summed E-state index contributed by atoms with van der Waals surface area (Å²) in [7, 11) is 0. The van der Waals surface area contributed by atoms with Crippen LogP contribution < -0.4 is 4.90 Å². The van der Waals surface area contributed by atoms with Crippen LogP contribution in [0.4, 0.5) is 10.5 Å². The molecule has 0 bridgehead atoms. The van der Waals surface area contributed by atoms with Crippen molar-refractivity contribution in [2.75, 3.05) is 24.5 Å². The fourth-order valence-corrected chi connectivity index (χ4v) is 4.38. The summed E-state index contributed by atoms with van der Waals surface area (Å²) >= 11 is 0. The van der Waals surface area contributed by atoms with E-state index in [1.54, 1.807) is 17.0 Å². The average Bonchev–Trinajstić information content (AvgIpc) is 3.34. The number of rotatable bonds is 3. The normalized spacial score (nSPS) is 17.9. The van der Waals surface area contributed by atoms with Crippen LogP contribution in [0, 0.1) is 0 Å². The van der Waals surface area contributed by atoms with Crippen LogP contribution in [0.5, 0.6) is 0 Å². The number of imide groups is 1. The summed E-state index contributed by atoms with van der Waals surface area (Å²) in [6.45, 7) is 1.21. The third kappa shape index (κ3) is 3.12. The number of benzene rings is 2. The third-order valence-corrected chi connectivity index (χ3v) is 5.96. The molecule has 0 aliphatic carbocycles. The van der Waals surface area contributed by atoms with Crippen LogP contribution in [0.15, 0.2) is 60.7 Å². The maximum absolute atomic E-state index is 12.9. The number of piperidine rings is 1. The van der Waals surface area contributed by atoms with E-state index >= 15 is 0 Å². The molecule has 152 valence electrons. The molecule has 7 nitrogen and oxygen atoms in total. The molecule has 2 saturated heterocycles. The Kier molecular flexibility index (Phi) is 4.50. The highest BCUT2D eigenvalue weighted by molar-refractivity contribution is 6.19. The number of anilines is 1. The summed E-state index contributed by atoms with van der Waals surface area (Å²) in [5.41, 5.74) is 2.12. The van der Waals surface area contributed by atoms with Crippen LogP contribution in [0.3, 0.4) is 0 Å². The molecule has 2 aliphatic rings. The van der Waals surface area contributed by atoms with Crippen molar-refractivity contribution >= 4 is 34.4 Å². The summed E-state index contributed by atoms with van der Waals surface area (Å²) in [5, 5.41) is 1.01. The lowest BCUT2D eigenvalue weighted by atomic mass is 10.0. The molecule has 0 unspecified atom stereocenters. The minimum Gasteiger partial charge on any atom is -0.351 e. The maximum atomic E-state index is 12.9. The Morgan fingerprint density at radius 3 is 2.37 bits per heavy atom. The number of aromatic nitrogens is 1. The largest absolute Gasteiger partial charge is 0.351 e. The lowest BCUT2D eigenvalue weighted by molar-refractivity contribution is -0.116. The summed E-state index contributed by atoms with van der Waals surface area (Å²) in [4.78, 5) is 46.2. The van der Waals surface area contributed by atoms with Crippen LogP contribution >= 0.6 is 0 Å². The van der Waals surface area contributed by atoms with Gasteiger partial charge in [-0.2, -0.15) is 0 Å². The van der Waals surface area contributed by atoms with Gasteiger partial charge in [-0.3, -0.25) is 9.59 Å². The summed E-state index contributed by atoms with van der Waals surface area (Å²) < 4.78 is 0. The van der Waals surface area contributed by atoms with Gasteiger partial charge < -0.3 is 14.8 Å². The Bertz CT molecular complexity index is 1080. The monoisotopic (exact) mass is 402 g/mol. The van der Waals surface area contributed by atoms with Gasteiger partial charge in [-0.15, -0.1) is 0 Å². The van der Waals surface area contributed by atoms with Crippen molar-refractivity contribution in [2.45, 2.75) is 18.9 Å². The average molecular weight is 402 g/mol. The van der Waals surface area contributed by atoms with Crippen LogP contribution in [-0.4, -0.2) is 58.3 Å². The highest BCUT2D eigenvalue weighted by Gasteiger charge is 2.41. The second kappa shape index (κ2) is 7.33. The first-order chi connectivity index (χ1) is 14.6. The van der Waals surface area contributed by atoms with Crippen molar-refractivity contribution in [1.82, 2.24) is 14.8 Å². The lowest BCUT2D eigenvalue weighted by Crippen LogP contribution is -2.48. The van der Waals surface area contributed by atoms with Gasteiger partial charge in [0.25, 0.3) is 11.8 Å². The predicted molar refractivity (Wildman–Crippen MR) is 113 cm³/mol. The van der Waals surface area contributed by atoms with E-state index < -0.39 is 0 Å². The standard InChI is InChI=1S/C23H22N4O3/c28-21-15-26(23(30)27(21)18-7-2-1-3-8-18)17-10-12-25(13-11-17)22(29)20-14-16-6-4-5-9-19(16)24-20/h1-9,14,17,24H,10-13,15H2.